The molecule has 1 aromatic heterocycles. The SMILES string of the molecule is Cc1cc(C)c2nc3c(C)cc(C)c(C)c3cc2c1C. The first-order chi connectivity index (χ1) is 9.40. The van der Waals surface area contributed by atoms with Crippen molar-refractivity contribution in [1.29, 1.82) is 0 Å². The molecule has 1 heteroatoms. The Kier molecular flexibility index (Phi) is 2.82. The molecule has 0 fully saturated rings. The van der Waals surface area contributed by atoms with Crippen molar-refractivity contribution in [3.8, 4) is 0 Å². The van der Waals surface area contributed by atoms with Crippen LogP contribution in [0, 0.1) is 41.5 Å². The first kappa shape index (κ1) is 13.1. The van der Waals surface area contributed by atoms with Gasteiger partial charge in [-0.1, -0.05) is 12.1 Å². The zero-order chi connectivity index (χ0) is 14.6. The van der Waals surface area contributed by atoms with E-state index in [2.05, 4.69) is 59.7 Å². The number of fused-ring (bicyclic) bond motifs is 2. The number of rotatable bonds is 0. The molecule has 3 rings (SSSR count). The van der Waals surface area contributed by atoms with E-state index in [0.29, 0.717) is 0 Å². The summed E-state index contributed by atoms with van der Waals surface area (Å²) < 4.78 is 0. The minimum Gasteiger partial charge on any atom is -0.247 e. The first-order valence-corrected chi connectivity index (χ1v) is 7.18. The van der Waals surface area contributed by atoms with Gasteiger partial charge in [0.05, 0.1) is 11.0 Å². The van der Waals surface area contributed by atoms with Gasteiger partial charge in [0.25, 0.3) is 0 Å². The molecule has 1 heterocycles. The maximum absolute atomic E-state index is 4.98. The minimum atomic E-state index is 1.15. The van der Waals surface area contributed by atoms with E-state index in [1.807, 2.05) is 0 Å². The third-order valence-electron chi connectivity index (χ3n) is 4.63. The molecular weight excluding hydrogens is 242 g/mol. The van der Waals surface area contributed by atoms with Crippen LogP contribution < -0.4 is 0 Å². The third-order valence-corrected chi connectivity index (χ3v) is 4.63. The van der Waals surface area contributed by atoms with E-state index in [-0.39, 0.29) is 0 Å². The molecule has 1 nitrogen and oxygen atoms in total. The Hall–Kier alpha value is -1.89. The van der Waals surface area contributed by atoms with Gasteiger partial charge in [0.2, 0.25) is 0 Å². The highest BCUT2D eigenvalue weighted by molar-refractivity contribution is 5.99. The molecule has 0 radical (unpaired) electrons. The predicted molar refractivity (Wildman–Crippen MR) is 87.7 cm³/mol. The fraction of sp³-hybridized carbons (Fsp3) is 0.316. The highest BCUT2D eigenvalue weighted by Crippen LogP contribution is 2.31. The van der Waals surface area contributed by atoms with Crippen LogP contribution in [0.15, 0.2) is 18.2 Å². The first-order valence-electron chi connectivity index (χ1n) is 7.18. The van der Waals surface area contributed by atoms with Crippen LogP contribution in [0.4, 0.5) is 0 Å². The molecule has 102 valence electrons. The van der Waals surface area contributed by atoms with E-state index in [0.717, 1.165) is 11.0 Å². The Morgan fingerprint density at radius 3 is 1.35 bits per heavy atom. The van der Waals surface area contributed by atoms with Gasteiger partial charge in [-0.2, -0.15) is 0 Å². The van der Waals surface area contributed by atoms with Crippen LogP contribution in [-0.2, 0) is 0 Å². The summed E-state index contributed by atoms with van der Waals surface area (Å²) in [6.45, 7) is 13.1. The average molecular weight is 263 g/mol. The zero-order valence-corrected chi connectivity index (χ0v) is 13.2. The van der Waals surface area contributed by atoms with Crippen LogP contribution in [0.5, 0.6) is 0 Å². The maximum Gasteiger partial charge on any atom is 0.0741 e. The molecule has 0 saturated heterocycles. The van der Waals surface area contributed by atoms with Crippen molar-refractivity contribution in [2.24, 2.45) is 0 Å². The van der Waals surface area contributed by atoms with Crippen LogP contribution in [0.25, 0.3) is 21.8 Å². The third kappa shape index (κ3) is 1.73. The fourth-order valence-corrected chi connectivity index (χ4v) is 3.11. The van der Waals surface area contributed by atoms with Crippen molar-refractivity contribution in [2.45, 2.75) is 41.5 Å². The molecule has 0 aliphatic heterocycles. The van der Waals surface area contributed by atoms with Crippen molar-refractivity contribution in [3.05, 3.63) is 51.6 Å². The molecule has 0 bridgehead atoms. The second-order valence-corrected chi connectivity index (χ2v) is 6.05. The molecule has 0 N–H and O–H groups in total. The molecule has 0 saturated carbocycles. The second kappa shape index (κ2) is 4.31. The monoisotopic (exact) mass is 263 g/mol. The van der Waals surface area contributed by atoms with Crippen LogP contribution >= 0.6 is 0 Å². The number of nitrogens with zero attached hydrogens (tertiary/aromatic N) is 1. The number of benzene rings is 2. The molecule has 0 amide bonds. The molecule has 0 spiro atoms. The topological polar surface area (TPSA) is 12.9 Å². The summed E-state index contributed by atoms with van der Waals surface area (Å²) in [5.41, 5.74) is 10.2. The van der Waals surface area contributed by atoms with E-state index < -0.39 is 0 Å². The average Bonchev–Trinajstić information content (AvgIpc) is 2.41. The van der Waals surface area contributed by atoms with Crippen LogP contribution in [0.2, 0.25) is 0 Å². The summed E-state index contributed by atoms with van der Waals surface area (Å²) in [5, 5.41) is 2.59. The lowest BCUT2D eigenvalue weighted by atomic mass is 9.95. The minimum absolute atomic E-state index is 1.15. The largest absolute Gasteiger partial charge is 0.247 e. The Labute approximate surface area is 120 Å². The fourth-order valence-electron chi connectivity index (χ4n) is 3.11. The van der Waals surface area contributed by atoms with Crippen LogP contribution in [0.3, 0.4) is 0 Å². The number of hydrogen-bond donors (Lipinski definition) is 0. The smallest absolute Gasteiger partial charge is 0.0741 e. The van der Waals surface area contributed by atoms with Crippen LogP contribution in [0.1, 0.15) is 33.4 Å². The summed E-state index contributed by atoms with van der Waals surface area (Å²) in [4.78, 5) is 4.98. The van der Waals surface area contributed by atoms with Gasteiger partial charge >= 0.3 is 0 Å². The lowest BCUT2D eigenvalue weighted by Gasteiger charge is -2.14. The van der Waals surface area contributed by atoms with Gasteiger partial charge in [-0.05, 0) is 81.0 Å². The summed E-state index contributed by atoms with van der Waals surface area (Å²) in [5.74, 6) is 0. The lowest BCUT2D eigenvalue weighted by Crippen LogP contribution is -1.95. The molecular formula is C19H21N. The van der Waals surface area contributed by atoms with Crippen molar-refractivity contribution in [2.75, 3.05) is 0 Å². The van der Waals surface area contributed by atoms with E-state index in [1.165, 1.54) is 44.2 Å². The summed E-state index contributed by atoms with van der Waals surface area (Å²) in [6, 6.07) is 6.82. The predicted octanol–water partition coefficient (Wildman–Crippen LogP) is 5.24. The molecule has 0 aliphatic rings. The Morgan fingerprint density at radius 1 is 0.550 bits per heavy atom. The van der Waals surface area contributed by atoms with Gasteiger partial charge in [-0.15, -0.1) is 0 Å². The lowest BCUT2D eigenvalue weighted by molar-refractivity contribution is 1.29. The maximum atomic E-state index is 4.98. The van der Waals surface area contributed by atoms with E-state index in [1.54, 1.807) is 0 Å². The molecule has 20 heavy (non-hydrogen) atoms. The van der Waals surface area contributed by atoms with Gasteiger partial charge < -0.3 is 0 Å². The van der Waals surface area contributed by atoms with Gasteiger partial charge in [-0.25, -0.2) is 4.98 Å². The Balaban J connectivity index is 2.60. The van der Waals surface area contributed by atoms with Gasteiger partial charge in [-0.3, -0.25) is 0 Å². The number of aryl methyl sites for hydroxylation is 6. The molecule has 0 aliphatic carbocycles. The van der Waals surface area contributed by atoms with Gasteiger partial charge in [0.1, 0.15) is 0 Å². The Bertz CT molecular complexity index is 788. The summed E-state index contributed by atoms with van der Waals surface area (Å²) in [6.07, 6.45) is 0. The highest BCUT2D eigenvalue weighted by Gasteiger charge is 2.11. The zero-order valence-electron chi connectivity index (χ0n) is 13.2. The van der Waals surface area contributed by atoms with Crippen molar-refractivity contribution in [1.82, 2.24) is 4.98 Å². The van der Waals surface area contributed by atoms with Crippen molar-refractivity contribution >= 4 is 21.8 Å². The highest BCUT2D eigenvalue weighted by atomic mass is 14.7. The molecule has 2 aromatic carbocycles. The number of pyridine rings is 1. The standard InChI is InChI=1S/C19H21N/c1-10-7-12(3)18-16(14(10)5)9-17-15(6)11(2)8-13(4)19(17)20-18/h7-9H,1-6H3. The molecule has 0 unspecified atom stereocenters. The quantitative estimate of drug-likeness (QED) is 0.505. The molecule has 0 atom stereocenters. The van der Waals surface area contributed by atoms with Gasteiger partial charge in [0, 0.05) is 10.8 Å². The molecule has 3 aromatic rings. The summed E-state index contributed by atoms with van der Waals surface area (Å²) >= 11 is 0. The summed E-state index contributed by atoms with van der Waals surface area (Å²) in [7, 11) is 0. The van der Waals surface area contributed by atoms with Crippen LogP contribution in [-0.4, -0.2) is 4.98 Å². The Morgan fingerprint density at radius 2 is 0.950 bits per heavy atom. The van der Waals surface area contributed by atoms with Gasteiger partial charge in [0.15, 0.2) is 0 Å². The normalized spacial score (nSPS) is 11.5. The van der Waals surface area contributed by atoms with E-state index in [4.69, 9.17) is 4.98 Å². The van der Waals surface area contributed by atoms with Crippen molar-refractivity contribution in [3.63, 3.8) is 0 Å². The number of aromatic nitrogens is 1. The van der Waals surface area contributed by atoms with E-state index >= 15 is 0 Å². The second-order valence-electron chi connectivity index (χ2n) is 6.05. The van der Waals surface area contributed by atoms with Crippen molar-refractivity contribution < 1.29 is 0 Å². The van der Waals surface area contributed by atoms with E-state index in [9.17, 15) is 0 Å². The number of hydrogen-bond acceptors (Lipinski definition) is 1.